The highest BCUT2D eigenvalue weighted by atomic mass is 32.1. The summed E-state index contributed by atoms with van der Waals surface area (Å²) >= 11 is 1.00. The van der Waals surface area contributed by atoms with Crippen LogP contribution < -0.4 is 5.32 Å². The molecule has 0 radical (unpaired) electrons. The number of methoxy groups -OCH3 is 1. The van der Waals surface area contributed by atoms with E-state index >= 15 is 0 Å². The van der Waals surface area contributed by atoms with Crippen LogP contribution in [0.4, 0.5) is 5.00 Å². The minimum absolute atomic E-state index is 0.176. The van der Waals surface area contributed by atoms with Gasteiger partial charge in [0.1, 0.15) is 9.88 Å². The molecule has 1 amide bonds. The minimum atomic E-state index is -0.571. The van der Waals surface area contributed by atoms with Gasteiger partial charge in [0.05, 0.1) is 25.5 Å². The Labute approximate surface area is 161 Å². The van der Waals surface area contributed by atoms with Gasteiger partial charge in [-0.25, -0.2) is 9.59 Å². The summed E-state index contributed by atoms with van der Waals surface area (Å²) in [6.07, 6.45) is 4.40. The first-order valence-corrected chi connectivity index (χ1v) is 9.36. The number of nitrogens with zero attached hydrogens (tertiary/aromatic N) is 2. The number of carbonyl (C=O) groups is 3. The Bertz CT molecular complexity index is 840. The summed E-state index contributed by atoms with van der Waals surface area (Å²) in [6, 6.07) is 0. The van der Waals surface area contributed by atoms with Crippen LogP contribution in [-0.2, 0) is 20.8 Å². The molecule has 0 saturated carbocycles. The van der Waals surface area contributed by atoms with E-state index in [1.165, 1.54) is 7.11 Å². The average molecular weight is 393 g/mol. The zero-order valence-corrected chi connectivity index (χ0v) is 16.6. The molecule has 2 heterocycles. The predicted molar refractivity (Wildman–Crippen MR) is 101 cm³/mol. The third-order valence-corrected chi connectivity index (χ3v) is 4.93. The second-order valence-corrected chi connectivity index (χ2v) is 6.99. The van der Waals surface area contributed by atoms with Crippen molar-refractivity contribution in [3.63, 3.8) is 0 Å². The van der Waals surface area contributed by atoms with E-state index in [4.69, 9.17) is 9.47 Å². The second kappa shape index (κ2) is 9.31. The lowest BCUT2D eigenvalue weighted by Gasteiger charge is -2.08. The van der Waals surface area contributed by atoms with Gasteiger partial charge in [0.25, 0.3) is 0 Å². The first kappa shape index (κ1) is 20.6. The Kier molecular flexibility index (Phi) is 7.12. The average Bonchev–Trinajstić information content (AvgIpc) is 3.20. The number of aryl methyl sites for hydroxylation is 2. The van der Waals surface area contributed by atoms with Crippen LogP contribution in [0.25, 0.3) is 0 Å². The van der Waals surface area contributed by atoms with Gasteiger partial charge >= 0.3 is 11.9 Å². The van der Waals surface area contributed by atoms with Crippen molar-refractivity contribution in [2.24, 2.45) is 0 Å². The van der Waals surface area contributed by atoms with Crippen LogP contribution in [0.5, 0.6) is 0 Å². The number of rotatable bonds is 8. The lowest BCUT2D eigenvalue weighted by molar-refractivity contribution is -0.116. The summed E-state index contributed by atoms with van der Waals surface area (Å²) in [7, 11) is 1.26. The SMILES string of the molecule is CCCOC(=O)c1c(NC(=O)CCn2cc(C)cn2)sc(C(=O)OC)c1C. The number of hydrogen-bond acceptors (Lipinski definition) is 7. The first-order valence-electron chi connectivity index (χ1n) is 8.55. The maximum atomic E-state index is 12.4. The Hall–Kier alpha value is -2.68. The number of anilines is 1. The van der Waals surface area contributed by atoms with Crippen LogP contribution in [0.1, 0.15) is 50.9 Å². The molecule has 0 spiro atoms. The molecule has 27 heavy (non-hydrogen) atoms. The van der Waals surface area contributed by atoms with Crippen molar-refractivity contribution < 1.29 is 23.9 Å². The van der Waals surface area contributed by atoms with Gasteiger partial charge in [0.2, 0.25) is 5.91 Å². The summed E-state index contributed by atoms with van der Waals surface area (Å²) in [6.45, 7) is 6.10. The van der Waals surface area contributed by atoms with E-state index < -0.39 is 11.9 Å². The fraction of sp³-hybridized carbons (Fsp3) is 0.444. The molecule has 2 aromatic rings. The van der Waals surface area contributed by atoms with Crippen molar-refractivity contribution in [2.75, 3.05) is 19.0 Å². The molecular weight excluding hydrogens is 370 g/mol. The van der Waals surface area contributed by atoms with Gasteiger partial charge in [0, 0.05) is 19.2 Å². The number of ether oxygens (including phenoxy) is 2. The van der Waals surface area contributed by atoms with Crippen LogP contribution in [0, 0.1) is 13.8 Å². The fourth-order valence-electron chi connectivity index (χ4n) is 2.40. The van der Waals surface area contributed by atoms with Gasteiger partial charge in [0.15, 0.2) is 0 Å². The highest BCUT2D eigenvalue weighted by Crippen LogP contribution is 2.34. The smallest absolute Gasteiger partial charge is 0.348 e. The number of amides is 1. The Balaban J connectivity index is 2.18. The maximum Gasteiger partial charge on any atom is 0.348 e. The molecule has 0 saturated heterocycles. The summed E-state index contributed by atoms with van der Waals surface area (Å²) in [5, 5.41) is 7.13. The van der Waals surface area contributed by atoms with Crippen LogP contribution in [0.15, 0.2) is 12.4 Å². The maximum absolute atomic E-state index is 12.4. The molecule has 0 aliphatic carbocycles. The normalized spacial score (nSPS) is 10.5. The third-order valence-electron chi connectivity index (χ3n) is 3.74. The highest BCUT2D eigenvalue weighted by molar-refractivity contribution is 7.18. The largest absolute Gasteiger partial charge is 0.465 e. The van der Waals surface area contributed by atoms with Crippen LogP contribution in [-0.4, -0.2) is 41.3 Å². The van der Waals surface area contributed by atoms with Crippen molar-refractivity contribution in [3.8, 4) is 0 Å². The number of carbonyl (C=O) groups excluding carboxylic acids is 3. The summed E-state index contributed by atoms with van der Waals surface area (Å²) in [5.74, 6) is -1.42. The first-order chi connectivity index (χ1) is 12.9. The third kappa shape index (κ3) is 5.16. The van der Waals surface area contributed by atoms with Crippen molar-refractivity contribution in [1.29, 1.82) is 0 Å². The van der Waals surface area contributed by atoms with E-state index in [9.17, 15) is 14.4 Å². The number of esters is 2. The molecule has 2 aromatic heterocycles. The lowest BCUT2D eigenvalue weighted by atomic mass is 10.1. The van der Waals surface area contributed by atoms with Crippen LogP contribution in [0.2, 0.25) is 0 Å². The molecule has 0 fully saturated rings. The van der Waals surface area contributed by atoms with Crippen molar-refractivity contribution in [1.82, 2.24) is 9.78 Å². The quantitative estimate of drug-likeness (QED) is 0.692. The van der Waals surface area contributed by atoms with Crippen molar-refractivity contribution in [2.45, 2.75) is 40.2 Å². The van der Waals surface area contributed by atoms with E-state index in [1.807, 2.05) is 20.0 Å². The van der Waals surface area contributed by atoms with Crippen molar-refractivity contribution >= 4 is 34.2 Å². The van der Waals surface area contributed by atoms with Gasteiger partial charge < -0.3 is 14.8 Å². The second-order valence-electron chi connectivity index (χ2n) is 5.97. The zero-order valence-electron chi connectivity index (χ0n) is 15.8. The Morgan fingerprint density at radius 1 is 1.26 bits per heavy atom. The molecule has 1 N–H and O–H groups in total. The molecule has 9 heteroatoms. The van der Waals surface area contributed by atoms with Gasteiger partial charge in [-0.3, -0.25) is 9.48 Å². The Morgan fingerprint density at radius 2 is 2.00 bits per heavy atom. The van der Waals surface area contributed by atoms with E-state index in [1.54, 1.807) is 17.8 Å². The van der Waals surface area contributed by atoms with Crippen LogP contribution >= 0.6 is 11.3 Å². The number of aromatic nitrogens is 2. The van der Waals surface area contributed by atoms with Gasteiger partial charge in [-0.2, -0.15) is 5.10 Å². The standard InChI is InChI=1S/C18H23N3O5S/c1-5-8-26-17(23)14-12(3)15(18(24)25-4)27-16(14)20-13(22)6-7-21-10-11(2)9-19-21/h9-10H,5-8H2,1-4H3,(H,20,22). The molecule has 8 nitrogen and oxygen atoms in total. The van der Waals surface area contributed by atoms with Gasteiger partial charge in [-0.05, 0) is 31.4 Å². The number of thiophene rings is 1. The Morgan fingerprint density at radius 3 is 2.59 bits per heavy atom. The van der Waals surface area contributed by atoms with E-state index in [2.05, 4.69) is 10.4 Å². The van der Waals surface area contributed by atoms with E-state index in [-0.39, 0.29) is 34.4 Å². The summed E-state index contributed by atoms with van der Waals surface area (Å²) in [4.78, 5) is 36.9. The van der Waals surface area contributed by atoms with E-state index in [0.717, 1.165) is 16.9 Å². The molecule has 0 aliphatic heterocycles. The van der Waals surface area contributed by atoms with Crippen molar-refractivity contribution in [3.05, 3.63) is 34.0 Å². The zero-order chi connectivity index (χ0) is 20.0. The van der Waals surface area contributed by atoms with Crippen LogP contribution in [0.3, 0.4) is 0 Å². The number of hydrogen-bond donors (Lipinski definition) is 1. The minimum Gasteiger partial charge on any atom is -0.465 e. The molecule has 146 valence electrons. The lowest BCUT2D eigenvalue weighted by Crippen LogP contribution is -2.16. The molecule has 0 aliphatic rings. The van der Waals surface area contributed by atoms with Gasteiger partial charge in [-0.15, -0.1) is 11.3 Å². The molecule has 0 unspecified atom stereocenters. The monoisotopic (exact) mass is 393 g/mol. The summed E-state index contributed by atoms with van der Waals surface area (Å²) < 4.78 is 11.6. The number of nitrogens with one attached hydrogen (secondary N) is 1. The molecule has 0 atom stereocenters. The van der Waals surface area contributed by atoms with E-state index in [0.29, 0.717) is 18.5 Å². The predicted octanol–water partition coefficient (Wildman–Crippen LogP) is 2.94. The highest BCUT2D eigenvalue weighted by Gasteiger charge is 2.27. The molecule has 0 bridgehead atoms. The molecule has 2 rings (SSSR count). The topological polar surface area (TPSA) is 99.5 Å². The fourth-order valence-corrected chi connectivity index (χ4v) is 3.53. The summed E-state index contributed by atoms with van der Waals surface area (Å²) in [5.41, 5.74) is 1.64. The molecular formula is C18H23N3O5S. The van der Waals surface area contributed by atoms with Gasteiger partial charge in [-0.1, -0.05) is 6.92 Å². The molecule has 0 aromatic carbocycles.